The molecule has 0 radical (unpaired) electrons. The Bertz CT molecular complexity index is 619. The summed E-state index contributed by atoms with van der Waals surface area (Å²) in [6.07, 6.45) is 8.72. The number of nitrogens with one attached hydrogen (secondary N) is 1. The van der Waals surface area contributed by atoms with Crippen molar-refractivity contribution in [2.24, 2.45) is 5.73 Å². The molecule has 2 aromatic heterocycles. The van der Waals surface area contributed by atoms with Crippen molar-refractivity contribution in [3.8, 4) is 0 Å². The molecule has 0 fully saturated rings. The van der Waals surface area contributed by atoms with E-state index < -0.39 is 10.0 Å². The Kier molecular flexibility index (Phi) is 4.88. The highest BCUT2D eigenvalue weighted by atomic mass is 32.2. The monoisotopic (exact) mass is 298 g/mol. The molecule has 0 saturated heterocycles. The lowest BCUT2D eigenvalue weighted by Gasteiger charge is -2.05. The second-order valence-corrected chi connectivity index (χ2v) is 6.05. The van der Waals surface area contributed by atoms with Crippen LogP contribution in [0.4, 0.5) is 0 Å². The van der Waals surface area contributed by atoms with E-state index in [1.165, 1.54) is 17.1 Å². The molecule has 0 aromatic carbocycles. The van der Waals surface area contributed by atoms with Gasteiger partial charge in [0.05, 0.1) is 19.1 Å². The molecule has 20 heavy (non-hydrogen) atoms. The van der Waals surface area contributed by atoms with Crippen molar-refractivity contribution in [2.45, 2.75) is 24.4 Å². The van der Waals surface area contributed by atoms with E-state index in [-0.39, 0.29) is 4.90 Å². The van der Waals surface area contributed by atoms with Gasteiger partial charge in [-0.3, -0.25) is 4.68 Å². The van der Waals surface area contributed by atoms with Crippen molar-refractivity contribution in [1.29, 1.82) is 0 Å². The van der Waals surface area contributed by atoms with Gasteiger partial charge in [-0.25, -0.2) is 18.1 Å². The number of aryl methyl sites for hydroxylation is 1. The molecule has 2 heterocycles. The molecule has 3 N–H and O–H groups in total. The van der Waals surface area contributed by atoms with E-state index in [0.717, 1.165) is 6.54 Å². The maximum Gasteiger partial charge on any atom is 0.243 e. The standard InChI is InChI=1S/C11H18N6O2S/c12-2-6-17-9-11(8-14-17)20(18,19)15-3-1-5-16-7-4-13-10-16/h4,7-10,15H,1-3,5-6,12H2. The summed E-state index contributed by atoms with van der Waals surface area (Å²) in [6, 6.07) is 0. The summed E-state index contributed by atoms with van der Waals surface area (Å²) in [5.74, 6) is 0. The molecule has 0 aliphatic rings. The maximum absolute atomic E-state index is 12.0. The minimum absolute atomic E-state index is 0.161. The number of nitrogens with two attached hydrogens (primary N) is 1. The first-order chi connectivity index (χ1) is 9.62. The highest BCUT2D eigenvalue weighted by molar-refractivity contribution is 7.89. The summed E-state index contributed by atoms with van der Waals surface area (Å²) in [5, 5.41) is 3.95. The van der Waals surface area contributed by atoms with E-state index in [4.69, 9.17) is 5.73 Å². The first kappa shape index (κ1) is 14.7. The number of rotatable bonds is 8. The molecule has 0 spiro atoms. The minimum Gasteiger partial charge on any atom is -0.337 e. The molecule has 9 heteroatoms. The zero-order valence-electron chi connectivity index (χ0n) is 11.0. The van der Waals surface area contributed by atoms with E-state index in [1.807, 2.05) is 10.8 Å². The van der Waals surface area contributed by atoms with Crippen LogP contribution >= 0.6 is 0 Å². The molecular formula is C11H18N6O2S. The van der Waals surface area contributed by atoms with Crippen molar-refractivity contribution < 1.29 is 8.42 Å². The highest BCUT2D eigenvalue weighted by Gasteiger charge is 2.15. The predicted octanol–water partition coefficient (Wildman–Crippen LogP) is -0.593. The lowest BCUT2D eigenvalue weighted by molar-refractivity contribution is 0.569. The smallest absolute Gasteiger partial charge is 0.243 e. The van der Waals surface area contributed by atoms with Crippen LogP contribution in [-0.4, -0.2) is 40.8 Å². The number of hydrogen-bond acceptors (Lipinski definition) is 5. The Morgan fingerprint density at radius 3 is 2.90 bits per heavy atom. The Morgan fingerprint density at radius 2 is 2.20 bits per heavy atom. The summed E-state index contributed by atoms with van der Waals surface area (Å²) < 4.78 is 29.9. The van der Waals surface area contributed by atoms with Crippen LogP contribution < -0.4 is 10.5 Å². The van der Waals surface area contributed by atoms with Crippen LogP contribution in [-0.2, 0) is 23.1 Å². The number of nitrogens with zero attached hydrogens (tertiary/aromatic N) is 4. The highest BCUT2D eigenvalue weighted by Crippen LogP contribution is 2.06. The van der Waals surface area contributed by atoms with Gasteiger partial charge in [0.15, 0.2) is 0 Å². The molecular weight excluding hydrogens is 280 g/mol. The molecule has 0 amide bonds. The molecule has 0 unspecified atom stereocenters. The predicted molar refractivity (Wildman–Crippen MR) is 73.3 cm³/mol. The normalized spacial score (nSPS) is 11.8. The van der Waals surface area contributed by atoms with E-state index in [2.05, 4.69) is 14.8 Å². The molecule has 8 nitrogen and oxygen atoms in total. The minimum atomic E-state index is -3.50. The average molecular weight is 298 g/mol. The zero-order valence-corrected chi connectivity index (χ0v) is 11.8. The van der Waals surface area contributed by atoms with Gasteiger partial charge in [0.2, 0.25) is 10.0 Å². The van der Waals surface area contributed by atoms with Crippen molar-refractivity contribution in [3.05, 3.63) is 31.1 Å². The Morgan fingerprint density at radius 1 is 1.35 bits per heavy atom. The fourth-order valence-corrected chi connectivity index (χ4v) is 2.73. The fraction of sp³-hybridized carbons (Fsp3) is 0.455. The van der Waals surface area contributed by atoms with Crippen LogP contribution in [0, 0.1) is 0 Å². The number of sulfonamides is 1. The van der Waals surface area contributed by atoms with Crippen molar-refractivity contribution in [1.82, 2.24) is 24.1 Å². The Hall–Kier alpha value is -1.71. The number of aromatic nitrogens is 4. The quantitative estimate of drug-likeness (QED) is 0.633. The fourth-order valence-electron chi connectivity index (χ4n) is 1.71. The molecule has 110 valence electrons. The van der Waals surface area contributed by atoms with Gasteiger partial charge in [0.25, 0.3) is 0 Å². The number of hydrogen-bond donors (Lipinski definition) is 2. The van der Waals surface area contributed by atoms with E-state index in [0.29, 0.717) is 26.1 Å². The van der Waals surface area contributed by atoms with Crippen LogP contribution in [0.1, 0.15) is 6.42 Å². The topological polar surface area (TPSA) is 108 Å². The lowest BCUT2D eigenvalue weighted by atomic mass is 10.4. The van der Waals surface area contributed by atoms with Crippen LogP contribution in [0.15, 0.2) is 36.0 Å². The van der Waals surface area contributed by atoms with E-state index >= 15 is 0 Å². The van der Waals surface area contributed by atoms with Crippen molar-refractivity contribution in [2.75, 3.05) is 13.1 Å². The first-order valence-corrected chi connectivity index (χ1v) is 7.78. The van der Waals surface area contributed by atoms with E-state index in [9.17, 15) is 8.42 Å². The third-order valence-corrected chi connectivity index (χ3v) is 4.14. The summed E-state index contributed by atoms with van der Waals surface area (Å²) in [4.78, 5) is 4.08. The van der Waals surface area contributed by atoms with Crippen LogP contribution in [0.5, 0.6) is 0 Å². The van der Waals surface area contributed by atoms with Crippen molar-refractivity contribution in [3.63, 3.8) is 0 Å². The second kappa shape index (κ2) is 6.64. The van der Waals surface area contributed by atoms with Gasteiger partial charge in [-0.2, -0.15) is 5.10 Å². The van der Waals surface area contributed by atoms with Crippen LogP contribution in [0.25, 0.3) is 0 Å². The van der Waals surface area contributed by atoms with Gasteiger partial charge in [0, 0.05) is 38.2 Å². The van der Waals surface area contributed by atoms with Crippen LogP contribution in [0.3, 0.4) is 0 Å². The molecule has 0 aliphatic heterocycles. The summed E-state index contributed by atoms with van der Waals surface area (Å²) in [5.41, 5.74) is 5.39. The van der Waals surface area contributed by atoms with Gasteiger partial charge >= 0.3 is 0 Å². The summed E-state index contributed by atoms with van der Waals surface area (Å²) >= 11 is 0. The first-order valence-electron chi connectivity index (χ1n) is 6.30. The van der Waals surface area contributed by atoms with Gasteiger partial charge in [-0.1, -0.05) is 0 Å². The molecule has 2 aromatic rings. The summed E-state index contributed by atoms with van der Waals surface area (Å²) in [6.45, 7) is 1.99. The average Bonchev–Trinajstić information content (AvgIpc) is 3.06. The van der Waals surface area contributed by atoms with Crippen molar-refractivity contribution >= 4 is 10.0 Å². The maximum atomic E-state index is 12.0. The van der Waals surface area contributed by atoms with Gasteiger partial charge < -0.3 is 10.3 Å². The largest absolute Gasteiger partial charge is 0.337 e. The Balaban J connectivity index is 1.83. The van der Waals surface area contributed by atoms with Gasteiger partial charge in [0.1, 0.15) is 4.90 Å². The Labute approximate surface area is 117 Å². The van der Waals surface area contributed by atoms with Gasteiger partial charge in [-0.15, -0.1) is 0 Å². The molecule has 0 aliphatic carbocycles. The SMILES string of the molecule is NCCn1cc(S(=O)(=O)NCCCn2ccnc2)cn1. The van der Waals surface area contributed by atoms with Gasteiger partial charge in [-0.05, 0) is 6.42 Å². The summed E-state index contributed by atoms with van der Waals surface area (Å²) in [7, 11) is -3.50. The zero-order chi connectivity index (χ0) is 14.4. The third-order valence-electron chi connectivity index (χ3n) is 2.72. The second-order valence-electron chi connectivity index (χ2n) is 4.28. The molecule has 0 saturated carbocycles. The molecule has 2 rings (SSSR count). The molecule has 0 bridgehead atoms. The third kappa shape index (κ3) is 3.89. The van der Waals surface area contributed by atoms with Crippen LogP contribution in [0.2, 0.25) is 0 Å². The lowest BCUT2D eigenvalue weighted by Crippen LogP contribution is -2.25. The molecule has 0 atom stereocenters. The number of imidazole rings is 1. The van der Waals surface area contributed by atoms with E-state index in [1.54, 1.807) is 12.5 Å².